The molecule has 0 bridgehead atoms. The first-order chi connectivity index (χ1) is 10.1. The molecule has 0 aliphatic heterocycles. The summed E-state index contributed by atoms with van der Waals surface area (Å²) >= 11 is 0. The van der Waals surface area contributed by atoms with Gasteiger partial charge in [-0.2, -0.15) is 0 Å². The number of carbonyl (C=O) groups excluding carboxylic acids is 1. The summed E-state index contributed by atoms with van der Waals surface area (Å²) in [6, 6.07) is 8.22. The van der Waals surface area contributed by atoms with Crippen molar-refractivity contribution in [3.05, 3.63) is 35.4 Å². The molecule has 0 atom stereocenters. The van der Waals surface area contributed by atoms with Gasteiger partial charge in [0.05, 0.1) is 0 Å². The van der Waals surface area contributed by atoms with Gasteiger partial charge in [-0.05, 0) is 32.5 Å². The van der Waals surface area contributed by atoms with E-state index in [9.17, 15) is 4.79 Å². The topological polar surface area (TPSA) is 20.3 Å². The van der Waals surface area contributed by atoms with Crippen LogP contribution in [0.15, 0.2) is 24.3 Å². The zero-order valence-electron chi connectivity index (χ0n) is 14.0. The van der Waals surface area contributed by atoms with Gasteiger partial charge < -0.3 is 4.90 Å². The molecule has 0 spiro atoms. The summed E-state index contributed by atoms with van der Waals surface area (Å²) in [7, 11) is 3.99. The van der Waals surface area contributed by atoms with E-state index in [4.69, 9.17) is 0 Å². The molecule has 0 saturated heterocycles. The van der Waals surface area contributed by atoms with Crippen molar-refractivity contribution in [3.63, 3.8) is 0 Å². The molecule has 0 saturated carbocycles. The molecule has 21 heavy (non-hydrogen) atoms. The fourth-order valence-electron chi connectivity index (χ4n) is 2.44. The fourth-order valence-corrected chi connectivity index (χ4v) is 2.44. The molecule has 0 aromatic heterocycles. The second-order valence-electron chi connectivity index (χ2n) is 6.19. The average Bonchev–Trinajstić information content (AvgIpc) is 2.49. The molecule has 0 amide bonds. The number of nitrogens with zero attached hydrogens (tertiary/aromatic N) is 1. The maximum atomic E-state index is 12.0. The van der Waals surface area contributed by atoms with E-state index in [-0.39, 0.29) is 5.78 Å². The van der Waals surface area contributed by atoms with Crippen molar-refractivity contribution in [2.24, 2.45) is 0 Å². The number of hydrogen-bond acceptors (Lipinski definition) is 2. The van der Waals surface area contributed by atoms with Gasteiger partial charge in [0.1, 0.15) is 0 Å². The number of ketones is 1. The fraction of sp³-hybridized carbons (Fsp3) is 0.632. The average molecular weight is 289 g/mol. The first kappa shape index (κ1) is 17.9. The Labute approximate surface area is 130 Å². The van der Waals surface area contributed by atoms with E-state index in [1.165, 1.54) is 44.1 Å². The second-order valence-corrected chi connectivity index (χ2v) is 6.19. The molecule has 1 aromatic rings. The number of benzene rings is 1. The van der Waals surface area contributed by atoms with Gasteiger partial charge in [0.15, 0.2) is 5.78 Å². The molecule has 0 fully saturated rings. The summed E-state index contributed by atoms with van der Waals surface area (Å²) < 4.78 is 0. The molecule has 0 aliphatic rings. The van der Waals surface area contributed by atoms with E-state index in [1.807, 2.05) is 31.1 Å². The van der Waals surface area contributed by atoms with E-state index in [1.54, 1.807) is 0 Å². The molecule has 0 aliphatic carbocycles. The minimum atomic E-state index is 0.245. The lowest BCUT2D eigenvalue weighted by Gasteiger charge is -2.08. The first-order valence-corrected chi connectivity index (χ1v) is 8.40. The molecule has 1 rings (SSSR count). The van der Waals surface area contributed by atoms with E-state index in [0.29, 0.717) is 6.42 Å². The Bertz CT molecular complexity index is 395. The summed E-state index contributed by atoms with van der Waals surface area (Å²) in [6.45, 7) is 3.07. The lowest BCUT2D eigenvalue weighted by atomic mass is 10.0. The summed E-state index contributed by atoms with van der Waals surface area (Å²) in [5, 5.41) is 0. The standard InChI is InChI=1S/C19H31NO/c1-4-5-6-7-8-9-10-17-11-13-18(14-12-17)19(21)15-16-20(2)3/h11-14H,4-10,15-16H2,1-3H3. The van der Waals surface area contributed by atoms with Gasteiger partial charge in [-0.1, -0.05) is 63.3 Å². The van der Waals surface area contributed by atoms with Crippen LogP contribution in [0, 0.1) is 0 Å². The van der Waals surface area contributed by atoms with Crippen LogP contribution in [-0.4, -0.2) is 31.3 Å². The van der Waals surface area contributed by atoms with Gasteiger partial charge in [0.25, 0.3) is 0 Å². The molecule has 0 radical (unpaired) electrons. The third-order valence-electron chi connectivity index (χ3n) is 3.88. The Kier molecular flexibility index (Phi) is 9.00. The molecule has 118 valence electrons. The van der Waals surface area contributed by atoms with Gasteiger partial charge in [-0.3, -0.25) is 4.79 Å². The van der Waals surface area contributed by atoms with Crippen LogP contribution in [0.5, 0.6) is 0 Å². The lowest BCUT2D eigenvalue weighted by molar-refractivity contribution is 0.0972. The van der Waals surface area contributed by atoms with Crippen molar-refractivity contribution < 1.29 is 4.79 Å². The van der Waals surface area contributed by atoms with Crippen LogP contribution in [0.4, 0.5) is 0 Å². The highest BCUT2D eigenvalue weighted by molar-refractivity contribution is 5.96. The summed E-state index contributed by atoms with van der Waals surface area (Å²) in [6.07, 6.45) is 9.72. The van der Waals surface area contributed by atoms with Crippen molar-refractivity contribution in [1.82, 2.24) is 4.90 Å². The molecule has 0 heterocycles. The number of hydrogen-bond donors (Lipinski definition) is 0. The predicted octanol–water partition coefficient (Wildman–Crippen LogP) is 4.72. The lowest BCUT2D eigenvalue weighted by Crippen LogP contribution is -2.16. The Balaban J connectivity index is 2.28. The quantitative estimate of drug-likeness (QED) is 0.434. The molecule has 2 heteroatoms. The van der Waals surface area contributed by atoms with Crippen LogP contribution < -0.4 is 0 Å². The smallest absolute Gasteiger partial charge is 0.164 e. The number of aryl methyl sites for hydroxylation is 1. The maximum Gasteiger partial charge on any atom is 0.164 e. The van der Waals surface area contributed by atoms with Crippen molar-refractivity contribution in [3.8, 4) is 0 Å². The first-order valence-electron chi connectivity index (χ1n) is 8.40. The third kappa shape index (κ3) is 8.01. The Morgan fingerprint density at radius 3 is 2.19 bits per heavy atom. The normalized spacial score (nSPS) is 11.0. The summed E-state index contributed by atoms with van der Waals surface area (Å²) in [5.41, 5.74) is 2.21. The monoisotopic (exact) mass is 289 g/mol. The predicted molar refractivity (Wildman–Crippen MR) is 91.0 cm³/mol. The molecule has 0 unspecified atom stereocenters. The van der Waals surface area contributed by atoms with E-state index < -0.39 is 0 Å². The second kappa shape index (κ2) is 10.6. The zero-order valence-corrected chi connectivity index (χ0v) is 14.0. The largest absolute Gasteiger partial charge is 0.309 e. The van der Waals surface area contributed by atoms with E-state index in [2.05, 4.69) is 19.1 Å². The Morgan fingerprint density at radius 2 is 1.57 bits per heavy atom. The van der Waals surface area contributed by atoms with Crippen LogP contribution in [0.3, 0.4) is 0 Å². The van der Waals surface area contributed by atoms with Gasteiger partial charge in [-0.15, -0.1) is 0 Å². The highest BCUT2D eigenvalue weighted by Gasteiger charge is 2.06. The van der Waals surface area contributed by atoms with Crippen LogP contribution >= 0.6 is 0 Å². The van der Waals surface area contributed by atoms with Crippen LogP contribution in [0.2, 0.25) is 0 Å². The minimum absolute atomic E-state index is 0.245. The number of carbonyl (C=O) groups is 1. The van der Waals surface area contributed by atoms with Gasteiger partial charge in [0, 0.05) is 18.5 Å². The van der Waals surface area contributed by atoms with Gasteiger partial charge in [-0.25, -0.2) is 0 Å². The molecule has 2 nitrogen and oxygen atoms in total. The Hall–Kier alpha value is -1.15. The van der Waals surface area contributed by atoms with Crippen LogP contribution in [0.1, 0.15) is 67.8 Å². The highest BCUT2D eigenvalue weighted by atomic mass is 16.1. The minimum Gasteiger partial charge on any atom is -0.309 e. The summed E-state index contributed by atoms with van der Waals surface area (Å²) in [5.74, 6) is 0.245. The number of rotatable bonds is 11. The zero-order chi connectivity index (χ0) is 15.5. The highest BCUT2D eigenvalue weighted by Crippen LogP contribution is 2.12. The molecular formula is C19H31NO. The third-order valence-corrected chi connectivity index (χ3v) is 3.88. The molecule has 1 aromatic carbocycles. The molecular weight excluding hydrogens is 258 g/mol. The SMILES string of the molecule is CCCCCCCCc1ccc(C(=O)CCN(C)C)cc1. The van der Waals surface area contributed by atoms with Crippen LogP contribution in [0.25, 0.3) is 0 Å². The maximum absolute atomic E-state index is 12.0. The van der Waals surface area contributed by atoms with Crippen molar-refractivity contribution in [1.29, 1.82) is 0 Å². The summed E-state index contributed by atoms with van der Waals surface area (Å²) in [4.78, 5) is 14.0. The van der Waals surface area contributed by atoms with Gasteiger partial charge in [0.2, 0.25) is 0 Å². The van der Waals surface area contributed by atoms with E-state index >= 15 is 0 Å². The number of Topliss-reactive ketones (excluding diaryl/α,β-unsaturated/α-hetero) is 1. The Morgan fingerprint density at radius 1 is 0.952 bits per heavy atom. The van der Waals surface area contributed by atoms with Crippen LogP contribution in [-0.2, 0) is 6.42 Å². The van der Waals surface area contributed by atoms with Crippen molar-refractivity contribution >= 4 is 5.78 Å². The van der Waals surface area contributed by atoms with E-state index in [0.717, 1.165) is 18.5 Å². The molecule has 0 N–H and O–H groups in total. The van der Waals surface area contributed by atoms with Gasteiger partial charge >= 0.3 is 0 Å². The van der Waals surface area contributed by atoms with Crippen molar-refractivity contribution in [2.45, 2.75) is 58.3 Å². The number of unbranched alkanes of at least 4 members (excludes halogenated alkanes) is 5. The van der Waals surface area contributed by atoms with Crippen molar-refractivity contribution in [2.75, 3.05) is 20.6 Å².